The van der Waals surface area contributed by atoms with Crippen LogP contribution in [0.1, 0.15) is 12.5 Å². The van der Waals surface area contributed by atoms with Gasteiger partial charge < -0.3 is 16.8 Å². The van der Waals surface area contributed by atoms with Crippen LogP contribution in [-0.2, 0) is 6.42 Å². The summed E-state index contributed by atoms with van der Waals surface area (Å²) in [5.41, 5.74) is 16.0. The highest BCUT2D eigenvalue weighted by atomic mass is 79.9. The molecule has 18 heavy (non-hydrogen) atoms. The first-order valence-corrected chi connectivity index (χ1v) is 6.60. The maximum absolute atomic E-state index is 5.80. The van der Waals surface area contributed by atoms with Crippen LogP contribution in [0.2, 0.25) is 0 Å². The van der Waals surface area contributed by atoms with Crippen molar-refractivity contribution in [1.29, 1.82) is 0 Å². The molecule has 5 N–H and O–H groups in total. The summed E-state index contributed by atoms with van der Waals surface area (Å²) >= 11 is 3.48. The molecule has 0 atom stereocenters. The number of halogens is 1. The number of hydrogen-bond acceptors (Lipinski definition) is 3. The first-order valence-electron chi connectivity index (χ1n) is 5.80. The molecule has 0 fully saturated rings. The molecule has 0 heterocycles. The van der Waals surface area contributed by atoms with Gasteiger partial charge in [-0.1, -0.05) is 22.9 Å². The number of nitrogens with one attached hydrogen (secondary N) is 1. The minimum absolute atomic E-state index is 0.593. The minimum atomic E-state index is 0.593. The summed E-state index contributed by atoms with van der Waals surface area (Å²) in [6.07, 6.45) is 0.965. The van der Waals surface area contributed by atoms with Crippen LogP contribution < -0.4 is 16.8 Å². The zero-order chi connectivity index (χ0) is 13.1. The summed E-state index contributed by atoms with van der Waals surface area (Å²) in [5.74, 6) is 0. The van der Waals surface area contributed by atoms with Crippen molar-refractivity contribution < 1.29 is 0 Å². The normalized spacial score (nSPS) is 10.3. The molecule has 0 saturated carbocycles. The van der Waals surface area contributed by atoms with E-state index in [9.17, 15) is 0 Å². The summed E-state index contributed by atoms with van der Waals surface area (Å²) in [5, 5.41) is 3.36. The lowest BCUT2D eigenvalue weighted by molar-refractivity contribution is 1.14. The van der Waals surface area contributed by atoms with Gasteiger partial charge in [0.05, 0.1) is 11.4 Å². The first-order chi connectivity index (χ1) is 8.60. The molecule has 0 aliphatic heterocycles. The Labute approximate surface area is 115 Å². The van der Waals surface area contributed by atoms with Crippen molar-refractivity contribution in [2.24, 2.45) is 0 Å². The van der Waals surface area contributed by atoms with Crippen LogP contribution in [0.15, 0.2) is 40.9 Å². The Morgan fingerprint density at radius 1 is 1.06 bits per heavy atom. The van der Waals surface area contributed by atoms with E-state index < -0.39 is 0 Å². The van der Waals surface area contributed by atoms with Crippen molar-refractivity contribution in [3.8, 4) is 0 Å². The fourth-order valence-corrected chi connectivity index (χ4v) is 2.19. The summed E-state index contributed by atoms with van der Waals surface area (Å²) in [6.45, 7) is 2.13. The summed E-state index contributed by atoms with van der Waals surface area (Å²) < 4.78 is 1.08. The number of benzene rings is 2. The lowest BCUT2D eigenvalue weighted by Gasteiger charge is -2.12. The number of hydrogen-bond donors (Lipinski definition) is 3. The molecular formula is C14H16BrN3. The predicted molar refractivity (Wildman–Crippen MR) is 82.1 cm³/mol. The average molecular weight is 306 g/mol. The van der Waals surface area contributed by atoms with Gasteiger partial charge in [-0.3, -0.25) is 0 Å². The first kappa shape index (κ1) is 12.8. The van der Waals surface area contributed by atoms with Gasteiger partial charge in [0, 0.05) is 15.8 Å². The van der Waals surface area contributed by atoms with E-state index in [4.69, 9.17) is 11.5 Å². The summed E-state index contributed by atoms with van der Waals surface area (Å²) in [6, 6.07) is 11.8. The molecule has 2 aromatic carbocycles. The van der Waals surface area contributed by atoms with Gasteiger partial charge in [0.15, 0.2) is 0 Å². The Bertz CT molecular complexity index is 567. The molecule has 0 aliphatic rings. The fourth-order valence-electron chi connectivity index (χ4n) is 1.78. The van der Waals surface area contributed by atoms with Crippen LogP contribution in [0, 0.1) is 0 Å². The maximum atomic E-state index is 5.80. The molecule has 2 rings (SSSR count). The molecule has 0 saturated heterocycles. The van der Waals surface area contributed by atoms with Crippen molar-refractivity contribution in [3.05, 3.63) is 46.4 Å². The minimum Gasteiger partial charge on any atom is -0.397 e. The van der Waals surface area contributed by atoms with Crippen LogP contribution in [-0.4, -0.2) is 0 Å². The fraction of sp³-hybridized carbons (Fsp3) is 0.143. The molecular weight excluding hydrogens is 290 g/mol. The van der Waals surface area contributed by atoms with E-state index in [0.29, 0.717) is 11.4 Å². The largest absolute Gasteiger partial charge is 0.397 e. The number of rotatable bonds is 3. The van der Waals surface area contributed by atoms with Crippen LogP contribution in [0.25, 0.3) is 0 Å². The number of anilines is 4. The highest BCUT2D eigenvalue weighted by molar-refractivity contribution is 9.10. The van der Waals surface area contributed by atoms with Gasteiger partial charge in [0.1, 0.15) is 0 Å². The van der Waals surface area contributed by atoms with Crippen LogP contribution in [0.3, 0.4) is 0 Å². The van der Waals surface area contributed by atoms with Crippen molar-refractivity contribution in [2.75, 3.05) is 16.8 Å². The van der Waals surface area contributed by atoms with E-state index >= 15 is 0 Å². The molecule has 0 amide bonds. The lowest BCUT2D eigenvalue weighted by Crippen LogP contribution is -1.98. The van der Waals surface area contributed by atoms with E-state index in [1.54, 1.807) is 0 Å². The van der Waals surface area contributed by atoms with Gasteiger partial charge >= 0.3 is 0 Å². The van der Waals surface area contributed by atoms with E-state index in [1.807, 2.05) is 24.3 Å². The molecule has 0 aromatic heterocycles. The van der Waals surface area contributed by atoms with Crippen molar-refractivity contribution in [2.45, 2.75) is 13.3 Å². The van der Waals surface area contributed by atoms with E-state index in [-0.39, 0.29) is 0 Å². The Morgan fingerprint density at radius 2 is 1.83 bits per heavy atom. The Morgan fingerprint density at radius 3 is 2.50 bits per heavy atom. The molecule has 94 valence electrons. The third kappa shape index (κ3) is 2.76. The van der Waals surface area contributed by atoms with Gasteiger partial charge in [-0.15, -0.1) is 0 Å². The number of aryl methyl sites for hydroxylation is 1. The molecule has 0 unspecified atom stereocenters. The lowest BCUT2D eigenvalue weighted by atomic mass is 10.1. The van der Waals surface area contributed by atoms with E-state index in [2.05, 4.69) is 40.3 Å². The monoisotopic (exact) mass is 305 g/mol. The van der Waals surface area contributed by atoms with Crippen LogP contribution in [0.4, 0.5) is 22.7 Å². The smallest absolute Gasteiger partial charge is 0.0568 e. The quantitative estimate of drug-likeness (QED) is 0.753. The molecule has 3 nitrogen and oxygen atoms in total. The second kappa shape index (κ2) is 5.31. The second-order valence-corrected chi connectivity index (χ2v) is 5.04. The molecule has 4 heteroatoms. The maximum Gasteiger partial charge on any atom is 0.0568 e. The molecule has 2 aromatic rings. The third-order valence-electron chi connectivity index (χ3n) is 2.81. The second-order valence-electron chi connectivity index (χ2n) is 4.12. The summed E-state index contributed by atoms with van der Waals surface area (Å²) in [7, 11) is 0. The Balaban J connectivity index is 2.30. The van der Waals surface area contributed by atoms with Gasteiger partial charge in [-0.2, -0.15) is 0 Å². The van der Waals surface area contributed by atoms with Crippen LogP contribution >= 0.6 is 15.9 Å². The highest BCUT2D eigenvalue weighted by Gasteiger charge is 2.03. The molecule has 0 aliphatic carbocycles. The zero-order valence-corrected chi connectivity index (χ0v) is 11.8. The van der Waals surface area contributed by atoms with Crippen LogP contribution in [0.5, 0.6) is 0 Å². The van der Waals surface area contributed by atoms with Crippen molar-refractivity contribution in [1.82, 2.24) is 0 Å². The van der Waals surface area contributed by atoms with Gasteiger partial charge in [0.25, 0.3) is 0 Å². The number of nitrogens with two attached hydrogens (primary N) is 2. The van der Waals surface area contributed by atoms with Crippen molar-refractivity contribution >= 4 is 38.7 Å². The molecule has 0 bridgehead atoms. The Kier molecular flexibility index (Phi) is 3.77. The van der Waals surface area contributed by atoms with Gasteiger partial charge in [-0.05, 0) is 48.4 Å². The standard InChI is InChI=1S/C14H16BrN3/c1-2-9-7-10(15)3-6-14(9)18-11-4-5-12(16)13(17)8-11/h3-8,18H,2,16-17H2,1H3. The predicted octanol–water partition coefficient (Wildman–Crippen LogP) is 3.92. The topological polar surface area (TPSA) is 64.1 Å². The molecule has 0 radical (unpaired) electrons. The zero-order valence-electron chi connectivity index (χ0n) is 10.2. The third-order valence-corrected chi connectivity index (χ3v) is 3.31. The molecule has 0 spiro atoms. The van der Waals surface area contributed by atoms with Crippen molar-refractivity contribution in [3.63, 3.8) is 0 Å². The summed E-state index contributed by atoms with van der Waals surface area (Å²) in [4.78, 5) is 0. The highest BCUT2D eigenvalue weighted by Crippen LogP contribution is 2.27. The SMILES string of the molecule is CCc1cc(Br)ccc1Nc1ccc(N)c(N)c1. The van der Waals surface area contributed by atoms with E-state index in [0.717, 1.165) is 22.3 Å². The van der Waals surface area contributed by atoms with Gasteiger partial charge in [0.2, 0.25) is 0 Å². The van der Waals surface area contributed by atoms with E-state index in [1.165, 1.54) is 5.56 Å². The van der Waals surface area contributed by atoms with Gasteiger partial charge in [-0.25, -0.2) is 0 Å². The number of nitrogen functional groups attached to an aromatic ring is 2. The average Bonchev–Trinajstić information content (AvgIpc) is 2.36. The Hall–Kier alpha value is -1.68.